The number of carboxylic acid groups (broad SMARTS) is 2. The van der Waals surface area contributed by atoms with E-state index in [1.54, 1.807) is 0 Å². The fourth-order valence-corrected chi connectivity index (χ4v) is 1.92. The molecule has 0 bridgehead atoms. The number of piperidine rings is 1. The summed E-state index contributed by atoms with van der Waals surface area (Å²) in [4.78, 5) is 23.7. The van der Waals surface area contributed by atoms with E-state index in [1.165, 1.54) is 19.4 Å². The van der Waals surface area contributed by atoms with E-state index < -0.39 is 11.9 Å². The molecular formula is C14H28N4O4. The zero-order chi connectivity index (χ0) is 17.0. The maximum atomic E-state index is 9.55. The number of nitrogens with zero attached hydrogens (tertiary/aromatic N) is 2. The number of likely N-dealkylation sites (N-methyl/N-ethyl adjacent to an activating group) is 2. The Labute approximate surface area is 131 Å². The van der Waals surface area contributed by atoms with Crippen LogP contribution in [0.1, 0.15) is 12.8 Å². The zero-order valence-corrected chi connectivity index (χ0v) is 13.6. The van der Waals surface area contributed by atoms with E-state index in [9.17, 15) is 9.59 Å². The quantitative estimate of drug-likeness (QED) is 0.282. The number of carbonyl (C=O) groups is 2. The maximum absolute atomic E-state index is 9.55. The molecule has 0 aromatic carbocycles. The van der Waals surface area contributed by atoms with Crippen LogP contribution in [0.25, 0.3) is 0 Å². The molecule has 1 aliphatic heterocycles. The third kappa shape index (κ3) is 13.5. The number of aliphatic carboxylic acids is 2. The third-order valence-electron chi connectivity index (χ3n) is 2.98. The predicted octanol–water partition coefficient (Wildman–Crippen LogP) is -0.552. The van der Waals surface area contributed by atoms with Gasteiger partial charge in [-0.25, -0.2) is 9.59 Å². The van der Waals surface area contributed by atoms with E-state index in [1.807, 2.05) is 0 Å². The van der Waals surface area contributed by atoms with E-state index in [-0.39, 0.29) is 0 Å². The van der Waals surface area contributed by atoms with Crippen molar-refractivity contribution in [3.8, 4) is 0 Å². The van der Waals surface area contributed by atoms with Crippen molar-refractivity contribution in [3.05, 3.63) is 12.2 Å². The van der Waals surface area contributed by atoms with Crippen LogP contribution in [0.2, 0.25) is 0 Å². The molecule has 8 heteroatoms. The van der Waals surface area contributed by atoms with E-state index in [0.29, 0.717) is 18.2 Å². The second kappa shape index (κ2) is 12.1. The monoisotopic (exact) mass is 316 g/mol. The molecule has 0 radical (unpaired) electrons. The largest absolute Gasteiger partial charge is 0.478 e. The highest BCUT2D eigenvalue weighted by Gasteiger charge is 2.15. The van der Waals surface area contributed by atoms with Crippen LogP contribution < -0.4 is 10.9 Å². The number of likely N-dealkylation sites (tertiary alicyclic amines) is 1. The van der Waals surface area contributed by atoms with Crippen LogP contribution in [0.3, 0.4) is 0 Å². The summed E-state index contributed by atoms with van der Waals surface area (Å²) in [6, 6.07) is 0.621. The van der Waals surface area contributed by atoms with Crippen LogP contribution in [0.5, 0.6) is 0 Å². The van der Waals surface area contributed by atoms with Gasteiger partial charge in [0, 0.05) is 37.8 Å². The summed E-state index contributed by atoms with van der Waals surface area (Å²) in [5, 5.41) is 15.6. The van der Waals surface area contributed by atoms with Gasteiger partial charge in [-0.2, -0.15) is 0 Å². The number of carboxylic acids is 2. The van der Waals surface area contributed by atoms with Crippen LogP contribution in [0.15, 0.2) is 12.2 Å². The van der Waals surface area contributed by atoms with Gasteiger partial charge in [0.2, 0.25) is 0 Å². The highest BCUT2D eigenvalue weighted by Crippen LogP contribution is 2.06. The number of rotatable bonds is 7. The van der Waals surface area contributed by atoms with Crippen LogP contribution in [0, 0.1) is 0 Å². The highest BCUT2D eigenvalue weighted by molar-refractivity contribution is 5.89. The van der Waals surface area contributed by atoms with Crippen molar-refractivity contribution < 1.29 is 19.8 Å². The van der Waals surface area contributed by atoms with E-state index in [2.05, 4.69) is 41.8 Å². The summed E-state index contributed by atoms with van der Waals surface area (Å²) in [5.74, 6) is -2.51. The molecule has 8 nitrogen and oxygen atoms in total. The molecule has 0 amide bonds. The SMILES string of the molecule is CN(C)CCNNC1CCCN(C)C1.O=C(O)/C=C\C(=O)O. The van der Waals surface area contributed by atoms with Gasteiger partial charge in [-0.15, -0.1) is 0 Å². The van der Waals surface area contributed by atoms with E-state index >= 15 is 0 Å². The van der Waals surface area contributed by atoms with Crippen molar-refractivity contribution in [2.24, 2.45) is 0 Å². The van der Waals surface area contributed by atoms with Crippen LogP contribution in [0.4, 0.5) is 0 Å². The molecule has 1 heterocycles. The molecule has 1 atom stereocenters. The van der Waals surface area contributed by atoms with Gasteiger partial charge in [-0.1, -0.05) is 0 Å². The molecule has 0 aromatic heterocycles. The topological polar surface area (TPSA) is 105 Å². The number of hydrazine groups is 1. The van der Waals surface area contributed by atoms with Gasteiger partial charge in [0.25, 0.3) is 0 Å². The minimum absolute atomic E-state index is 0.558. The number of hydrogen-bond acceptors (Lipinski definition) is 6. The first kappa shape index (κ1) is 20.5. The molecule has 0 aromatic rings. The second-order valence-electron chi connectivity index (χ2n) is 5.49. The van der Waals surface area contributed by atoms with Gasteiger partial charge in [-0.3, -0.25) is 10.9 Å². The van der Waals surface area contributed by atoms with Gasteiger partial charge in [0.15, 0.2) is 0 Å². The van der Waals surface area contributed by atoms with E-state index in [0.717, 1.165) is 19.6 Å². The fourth-order valence-electron chi connectivity index (χ4n) is 1.92. The average molecular weight is 316 g/mol. The first-order valence-corrected chi connectivity index (χ1v) is 7.27. The minimum atomic E-state index is -1.26. The van der Waals surface area contributed by atoms with Crippen LogP contribution in [-0.2, 0) is 9.59 Å². The predicted molar refractivity (Wildman–Crippen MR) is 84.6 cm³/mol. The summed E-state index contributed by atoms with van der Waals surface area (Å²) >= 11 is 0. The second-order valence-corrected chi connectivity index (χ2v) is 5.49. The smallest absolute Gasteiger partial charge is 0.328 e. The lowest BCUT2D eigenvalue weighted by molar-refractivity contribution is -0.134. The van der Waals surface area contributed by atoms with Crippen molar-refractivity contribution in [2.45, 2.75) is 18.9 Å². The molecule has 1 rings (SSSR count). The molecule has 4 N–H and O–H groups in total. The van der Waals surface area contributed by atoms with Crippen molar-refractivity contribution in [3.63, 3.8) is 0 Å². The first-order valence-electron chi connectivity index (χ1n) is 7.27. The minimum Gasteiger partial charge on any atom is -0.478 e. The molecule has 1 unspecified atom stereocenters. The highest BCUT2D eigenvalue weighted by atomic mass is 16.4. The lowest BCUT2D eigenvalue weighted by Gasteiger charge is -2.30. The van der Waals surface area contributed by atoms with Crippen LogP contribution >= 0.6 is 0 Å². The van der Waals surface area contributed by atoms with E-state index in [4.69, 9.17) is 10.2 Å². The van der Waals surface area contributed by atoms with Gasteiger partial charge in [0.1, 0.15) is 0 Å². The summed E-state index contributed by atoms with van der Waals surface area (Å²) in [5.41, 5.74) is 6.68. The number of nitrogens with one attached hydrogen (secondary N) is 2. The maximum Gasteiger partial charge on any atom is 0.328 e. The zero-order valence-electron chi connectivity index (χ0n) is 13.6. The Hall–Kier alpha value is -1.48. The first-order chi connectivity index (χ1) is 10.3. The summed E-state index contributed by atoms with van der Waals surface area (Å²) in [6.45, 7) is 4.49. The van der Waals surface area contributed by atoms with Crippen molar-refractivity contribution in [2.75, 3.05) is 47.3 Å². The van der Waals surface area contributed by atoms with Gasteiger partial charge >= 0.3 is 11.9 Å². The Morgan fingerprint density at radius 3 is 2.32 bits per heavy atom. The Kier molecular flexibility index (Phi) is 11.3. The Bertz CT molecular complexity index is 345. The third-order valence-corrected chi connectivity index (χ3v) is 2.98. The normalized spacial score (nSPS) is 19.0. The summed E-state index contributed by atoms with van der Waals surface area (Å²) in [6.07, 6.45) is 3.72. The van der Waals surface area contributed by atoms with Crippen molar-refractivity contribution in [1.82, 2.24) is 20.7 Å². The Morgan fingerprint density at radius 2 is 1.86 bits per heavy atom. The number of hydrogen-bond donors (Lipinski definition) is 4. The summed E-state index contributed by atoms with van der Waals surface area (Å²) in [7, 11) is 6.37. The van der Waals surface area contributed by atoms with Crippen LogP contribution in [-0.4, -0.2) is 85.3 Å². The van der Waals surface area contributed by atoms with Gasteiger partial charge in [0.05, 0.1) is 0 Å². The lowest BCUT2D eigenvalue weighted by Crippen LogP contribution is -2.50. The summed E-state index contributed by atoms with van der Waals surface area (Å²) < 4.78 is 0. The Balaban J connectivity index is 0.000000472. The lowest BCUT2D eigenvalue weighted by atomic mass is 10.1. The molecular weight excluding hydrogens is 288 g/mol. The molecule has 128 valence electrons. The molecule has 22 heavy (non-hydrogen) atoms. The molecule has 1 saturated heterocycles. The molecule has 0 spiro atoms. The Morgan fingerprint density at radius 1 is 1.27 bits per heavy atom. The van der Waals surface area contributed by atoms with Gasteiger partial charge in [-0.05, 0) is 40.5 Å². The molecule has 0 saturated carbocycles. The van der Waals surface area contributed by atoms with Crippen molar-refractivity contribution >= 4 is 11.9 Å². The van der Waals surface area contributed by atoms with Crippen molar-refractivity contribution in [1.29, 1.82) is 0 Å². The average Bonchev–Trinajstić information content (AvgIpc) is 2.42. The standard InChI is InChI=1S/C10H24N4.C4H4O4/c1-13(2)8-6-11-12-10-5-4-7-14(3)9-10;5-3(6)1-2-4(7)8/h10-12H,4-9H2,1-3H3;1-2H,(H,5,6)(H,7,8)/b;2-1-. The molecule has 0 aliphatic carbocycles. The molecule has 1 aliphatic rings. The molecule has 1 fully saturated rings. The fraction of sp³-hybridized carbons (Fsp3) is 0.714. The van der Waals surface area contributed by atoms with Gasteiger partial charge < -0.3 is 20.0 Å².